The van der Waals surface area contributed by atoms with E-state index >= 15 is 0 Å². The molecule has 0 aliphatic rings. The molecule has 1 N–H and O–H groups in total. The average molecular weight is 418 g/mol. The van der Waals surface area contributed by atoms with Gasteiger partial charge in [-0.05, 0) is 55.0 Å². The van der Waals surface area contributed by atoms with E-state index in [0.717, 1.165) is 6.42 Å². The average Bonchev–Trinajstić information content (AvgIpc) is 2.79. The predicted molar refractivity (Wildman–Crippen MR) is 115 cm³/mol. The van der Waals surface area contributed by atoms with Gasteiger partial charge in [0.05, 0.1) is 6.20 Å². The maximum Gasteiger partial charge on any atom is 0.342 e. The topological polar surface area (TPSA) is 94.6 Å². The fraction of sp³-hybridized carbons (Fsp3) is 0.167. The first-order valence-electron chi connectivity index (χ1n) is 9.84. The van der Waals surface area contributed by atoms with E-state index in [4.69, 9.17) is 9.47 Å². The molecule has 7 heteroatoms. The van der Waals surface area contributed by atoms with Crippen molar-refractivity contribution in [2.75, 3.05) is 11.9 Å². The van der Waals surface area contributed by atoms with E-state index in [2.05, 4.69) is 10.3 Å². The highest BCUT2D eigenvalue weighted by Crippen LogP contribution is 2.25. The van der Waals surface area contributed by atoms with Crippen molar-refractivity contribution in [3.63, 3.8) is 0 Å². The summed E-state index contributed by atoms with van der Waals surface area (Å²) in [5.74, 6) is -0.325. The van der Waals surface area contributed by atoms with E-state index in [1.54, 1.807) is 66.9 Å². The smallest absolute Gasteiger partial charge is 0.342 e. The Labute approximate surface area is 180 Å². The van der Waals surface area contributed by atoms with Crippen molar-refractivity contribution in [1.82, 2.24) is 4.98 Å². The molecule has 1 amide bonds. The molecule has 158 valence electrons. The number of ether oxygens (including phenoxy) is 2. The van der Waals surface area contributed by atoms with Crippen LogP contribution in [0.25, 0.3) is 0 Å². The van der Waals surface area contributed by atoms with E-state index < -0.39 is 12.6 Å². The molecule has 0 aliphatic heterocycles. The summed E-state index contributed by atoms with van der Waals surface area (Å²) in [7, 11) is 0. The van der Waals surface area contributed by atoms with Gasteiger partial charge < -0.3 is 14.8 Å². The number of carbonyl (C=O) groups excluding carboxylic acids is 3. The number of ketones is 1. The van der Waals surface area contributed by atoms with Gasteiger partial charge in [-0.1, -0.05) is 19.1 Å². The first-order valence-corrected chi connectivity index (χ1v) is 9.84. The van der Waals surface area contributed by atoms with Gasteiger partial charge in [0.1, 0.15) is 17.1 Å². The Morgan fingerprint density at radius 1 is 0.968 bits per heavy atom. The van der Waals surface area contributed by atoms with E-state index in [1.165, 1.54) is 6.20 Å². The number of aromatic nitrogens is 1. The van der Waals surface area contributed by atoms with Crippen LogP contribution in [-0.4, -0.2) is 29.3 Å². The Hall–Kier alpha value is -4.00. The van der Waals surface area contributed by atoms with Crippen LogP contribution in [0.4, 0.5) is 5.69 Å². The molecule has 0 fully saturated rings. The molecule has 3 aromatic rings. The molecule has 1 aromatic heterocycles. The van der Waals surface area contributed by atoms with Crippen LogP contribution < -0.4 is 10.1 Å². The third-order valence-corrected chi connectivity index (χ3v) is 4.27. The van der Waals surface area contributed by atoms with Crippen molar-refractivity contribution in [2.24, 2.45) is 0 Å². The van der Waals surface area contributed by atoms with Gasteiger partial charge in [-0.25, -0.2) is 4.79 Å². The van der Waals surface area contributed by atoms with Crippen molar-refractivity contribution < 1.29 is 23.9 Å². The maximum atomic E-state index is 12.5. The fourth-order valence-corrected chi connectivity index (χ4v) is 2.74. The van der Waals surface area contributed by atoms with Gasteiger partial charge in [-0.2, -0.15) is 0 Å². The molecule has 0 bridgehead atoms. The Morgan fingerprint density at radius 2 is 1.74 bits per heavy atom. The Bertz CT molecular complexity index is 1050. The number of nitrogens with one attached hydrogen (secondary N) is 1. The number of pyridine rings is 1. The highest BCUT2D eigenvalue weighted by molar-refractivity contribution is 6.00. The molecule has 2 aromatic carbocycles. The molecular weight excluding hydrogens is 396 g/mol. The molecule has 0 unspecified atom stereocenters. The van der Waals surface area contributed by atoms with Gasteiger partial charge in [-0.15, -0.1) is 0 Å². The lowest BCUT2D eigenvalue weighted by atomic mass is 10.1. The summed E-state index contributed by atoms with van der Waals surface area (Å²) in [6, 6.07) is 16.5. The molecule has 0 spiro atoms. The third kappa shape index (κ3) is 6.24. The minimum absolute atomic E-state index is 0.0809. The number of hydrogen-bond donors (Lipinski definition) is 1. The van der Waals surface area contributed by atoms with Crippen LogP contribution in [0.15, 0.2) is 73.1 Å². The Balaban J connectivity index is 1.59. The second kappa shape index (κ2) is 10.7. The third-order valence-electron chi connectivity index (χ3n) is 4.27. The van der Waals surface area contributed by atoms with Crippen molar-refractivity contribution in [1.29, 1.82) is 0 Å². The predicted octanol–water partition coefficient (Wildman–Crippen LogP) is 4.65. The van der Waals surface area contributed by atoms with Crippen LogP contribution in [0, 0.1) is 0 Å². The molecule has 0 saturated carbocycles. The molecule has 31 heavy (non-hydrogen) atoms. The molecule has 0 aliphatic carbocycles. The van der Waals surface area contributed by atoms with Crippen LogP contribution in [-0.2, 0) is 9.53 Å². The monoisotopic (exact) mass is 418 g/mol. The lowest BCUT2D eigenvalue weighted by Gasteiger charge is -2.10. The van der Waals surface area contributed by atoms with E-state index in [-0.39, 0.29) is 17.3 Å². The summed E-state index contributed by atoms with van der Waals surface area (Å²) in [6.07, 6.45) is 4.33. The zero-order valence-electron chi connectivity index (χ0n) is 17.0. The summed E-state index contributed by atoms with van der Waals surface area (Å²) in [4.78, 5) is 40.5. The van der Waals surface area contributed by atoms with E-state index in [0.29, 0.717) is 29.2 Å². The highest BCUT2D eigenvalue weighted by atomic mass is 16.5. The lowest BCUT2D eigenvalue weighted by molar-refractivity contribution is -0.116. The van der Waals surface area contributed by atoms with Gasteiger partial charge in [0.15, 0.2) is 12.4 Å². The van der Waals surface area contributed by atoms with Crippen molar-refractivity contribution in [3.8, 4) is 11.5 Å². The minimum Gasteiger partial charge on any atom is -0.455 e. The molecule has 0 atom stereocenters. The summed E-state index contributed by atoms with van der Waals surface area (Å²) in [6.45, 7) is 1.51. The molecule has 3 rings (SSSR count). The number of para-hydroxylation sites is 1. The second-order valence-corrected chi connectivity index (χ2v) is 6.66. The summed E-state index contributed by atoms with van der Waals surface area (Å²) < 4.78 is 10.9. The van der Waals surface area contributed by atoms with E-state index in [1.807, 2.05) is 6.92 Å². The Kier molecular flexibility index (Phi) is 7.48. The first-order chi connectivity index (χ1) is 15.1. The normalized spacial score (nSPS) is 10.2. The standard InChI is InChI=1S/C24H22N2O5/c1-2-6-23(28)26-18-12-10-17(11-13-18)21(27)16-30-24(29)20-8-3-4-9-22(20)31-19-7-5-14-25-15-19/h3-5,7-15H,2,6,16H2,1H3,(H,26,28). The molecule has 7 nitrogen and oxygen atoms in total. The molecular formula is C24H22N2O5. The van der Waals surface area contributed by atoms with Crippen LogP contribution in [0.1, 0.15) is 40.5 Å². The number of amides is 1. The quantitative estimate of drug-likeness (QED) is 0.401. The largest absolute Gasteiger partial charge is 0.455 e. The van der Waals surface area contributed by atoms with Gasteiger partial charge in [0, 0.05) is 23.9 Å². The van der Waals surface area contributed by atoms with Crippen LogP contribution in [0.5, 0.6) is 11.5 Å². The zero-order chi connectivity index (χ0) is 22.1. The number of benzene rings is 2. The first kappa shape index (κ1) is 21.7. The summed E-state index contributed by atoms with van der Waals surface area (Å²) in [5.41, 5.74) is 1.18. The SMILES string of the molecule is CCCC(=O)Nc1ccc(C(=O)COC(=O)c2ccccc2Oc2cccnc2)cc1. The highest BCUT2D eigenvalue weighted by Gasteiger charge is 2.17. The molecule has 0 radical (unpaired) electrons. The van der Waals surface area contributed by atoms with Crippen molar-refractivity contribution in [3.05, 3.63) is 84.2 Å². The lowest BCUT2D eigenvalue weighted by Crippen LogP contribution is -2.15. The van der Waals surface area contributed by atoms with Crippen LogP contribution in [0.3, 0.4) is 0 Å². The number of anilines is 1. The fourth-order valence-electron chi connectivity index (χ4n) is 2.74. The zero-order valence-corrected chi connectivity index (χ0v) is 17.0. The number of carbonyl (C=O) groups is 3. The Morgan fingerprint density at radius 3 is 2.45 bits per heavy atom. The van der Waals surface area contributed by atoms with Crippen molar-refractivity contribution in [2.45, 2.75) is 19.8 Å². The van der Waals surface area contributed by atoms with Gasteiger partial charge >= 0.3 is 5.97 Å². The number of esters is 1. The summed E-state index contributed by atoms with van der Waals surface area (Å²) in [5, 5.41) is 2.75. The number of rotatable bonds is 9. The van der Waals surface area contributed by atoms with Gasteiger partial charge in [-0.3, -0.25) is 14.6 Å². The van der Waals surface area contributed by atoms with Crippen LogP contribution >= 0.6 is 0 Å². The maximum absolute atomic E-state index is 12.5. The van der Waals surface area contributed by atoms with Gasteiger partial charge in [0.2, 0.25) is 5.91 Å². The number of hydrogen-bond acceptors (Lipinski definition) is 6. The summed E-state index contributed by atoms with van der Waals surface area (Å²) >= 11 is 0. The molecule has 0 saturated heterocycles. The number of Topliss-reactive ketones (excluding diaryl/α,β-unsaturated/α-hetero) is 1. The second-order valence-electron chi connectivity index (χ2n) is 6.66. The minimum atomic E-state index is -0.670. The van der Waals surface area contributed by atoms with Crippen molar-refractivity contribution >= 4 is 23.3 Å². The van der Waals surface area contributed by atoms with E-state index in [9.17, 15) is 14.4 Å². The molecule has 1 heterocycles. The van der Waals surface area contributed by atoms with Gasteiger partial charge in [0.25, 0.3) is 0 Å². The van der Waals surface area contributed by atoms with Crippen LogP contribution in [0.2, 0.25) is 0 Å². The number of nitrogens with zero attached hydrogens (tertiary/aromatic N) is 1.